The fourth-order valence-electron chi connectivity index (χ4n) is 1.82. The first-order valence-electron chi connectivity index (χ1n) is 6.01. The van der Waals surface area contributed by atoms with Crippen molar-refractivity contribution >= 4 is 34.8 Å². The number of halogens is 1. The monoisotopic (exact) mass is 312 g/mol. The van der Waals surface area contributed by atoms with Crippen LogP contribution in [0, 0.1) is 5.82 Å². The van der Waals surface area contributed by atoms with E-state index in [0.29, 0.717) is 22.7 Å². The molecule has 0 fully saturated rings. The molecule has 0 aliphatic carbocycles. The number of aliphatic carboxylic acids is 1. The van der Waals surface area contributed by atoms with E-state index in [0.717, 1.165) is 11.8 Å². The second kappa shape index (κ2) is 6.44. The molecule has 7 nitrogen and oxygen atoms in total. The van der Waals surface area contributed by atoms with Crippen LogP contribution in [-0.2, 0) is 11.3 Å². The van der Waals surface area contributed by atoms with Gasteiger partial charge in [-0.15, -0.1) is 0 Å². The van der Waals surface area contributed by atoms with E-state index in [4.69, 9.17) is 10.8 Å². The van der Waals surface area contributed by atoms with E-state index in [9.17, 15) is 14.0 Å². The molecule has 0 saturated heterocycles. The fraction of sp³-hybridized carbons (Fsp3) is 0.250. The first-order chi connectivity index (χ1) is 9.97. The number of imidazole rings is 1. The van der Waals surface area contributed by atoms with Crippen LogP contribution >= 0.6 is 11.8 Å². The number of rotatable bonds is 6. The summed E-state index contributed by atoms with van der Waals surface area (Å²) in [4.78, 5) is 25.6. The zero-order valence-electron chi connectivity index (χ0n) is 10.9. The van der Waals surface area contributed by atoms with Crippen LogP contribution in [0.4, 0.5) is 9.18 Å². The van der Waals surface area contributed by atoms with Gasteiger partial charge in [0.2, 0.25) is 0 Å². The molecule has 0 bridgehead atoms. The molecule has 0 unspecified atom stereocenters. The number of urea groups is 1. The smallest absolute Gasteiger partial charge is 0.313 e. The second-order valence-corrected chi connectivity index (χ2v) is 5.09. The van der Waals surface area contributed by atoms with Gasteiger partial charge >= 0.3 is 12.0 Å². The van der Waals surface area contributed by atoms with Crippen molar-refractivity contribution in [2.75, 3.05) is 12.3 Å². The summed E-state index contributed by atoms with van der Waals surface area (Å²) >= 11 is 1.03. The van der Waals surface area contributed by atoms with Crippen LogP contribution in [0.15, 0.2) is 23.4 Å². The molecule has 112 valence electrons. The number of thioether (sulfide) groups is 1. The van der Waals surface area contributed by atoms with Gasteiger partial charge in [0.25, 0.3) is 0 Å². The van der Waals surface area contributed by atoms with Crippen molar-refractivity contribution in [3.63, 3.8) is 0 Å². The summed E-state index contributed by atoms with van der Waals surface area (Å²) in [6.45, 7) is 0.544. The lowest BCUT2D eigenvalue weighted by Crippen LogP contribution is -2.32. The van der Waals surface area contributed by atoms with Gasteiger partial charge in [-0.3, -0.25) is 4.79 Å². The van der Waals surface area contributed by atoms with Gasteiger partial charge in [0.1, 0.15) is 5.82 Å². The maximum absolute atomic E-state index is 13.4. The number of nitrogens with zero attached hydrogens (tertiary/aromatic N) is 2. The Morgan fingerprint density at radius 3 is 2.90 bits per heavy atom. The van der Waals surface area contributed by atoms with Crippen LogP contribution in [0.5, 0.6) is 0 Å². The van der Waals surface area contributed by atoms with E-state index in [1.54, 1.807) is 4.57 Å². The number of aromatic nitrogens is 2. The van der Waals surface area contributed by atoms with Crippen molar-refractivity contribution in [2.24, 2.45) is 5.73 Å². The molecule has 0 aliphatic rings. The van der Waals surface area contributed by atoms with E-state index >= 15 is 0 Å². The van der Waals surface area contributed by atoms with E-state index in [-0.39, 0.29) is 12.3 Å². The molecule has 1 aromatic carbocycles. The predicted octanol–water partition coefficient (Wildman–Crippen LogP) is 1.02. The van der Waals surface area contributed by atoms with Crippen LogP contribution in [0.25, 0.3) is 11.0 Å². The summed E-state index contributed by atoms with van der Waals surface area (Å²) in [5.41, 5.74) is 6.08. The van der Waals surface area contributed by atoms with Crippen LogP contribution in [0.3, 0.4) is 0 Å². The summed E-state index contributed by atoms with van der Waals surface area (Å²) in [5.74, 6) is -1.55. The Balaban J connectivity index is 2.30. The number of carbonyl (C=O) groups excluding carboxylic acids is 1. The molecule has 21 heavy (non-hydrogen) atoms. The first kappa shape index (κ1) is 15.1. The second-order valence-electron chi connectivity index (χ2n) is 4.15. The highest BCUT2D eigenvalue weighted by Gasteiger charge is 2.13. The molecule has 2 aromatic rings. The zero-order chi connectivity index (χ0) is 15.4. The van der Waals surface area contributed by atoms with Crippen molar-refractivity contribution in [1.82, 2.24) is 14.9 Å². The zero-order valence-corrected chi connectivity index (χ0v) is 11.7. The van der Waals surface area contributed by atoms with Crippen LogP contribution in [0.1, 0.15) is 0 Å². The standard InChI is InChI=1S/C12H13FN4O3S/c13-7-1-2-8-9(5-7)17(4-3-15-11(14)20)12(16-8)21-6-10(18)19/h1-2,5H,3-4,6H2,(H,18,19)(H3,14,15,20). The fourth-order valence-corrected chi connectivity index (χ4v) is 2.58. The number of carboxylic acid groups (broad SMARTS) is 1. The van der Waals surface area contributed by atoms with Gasteiger partial charge in [0.15, 0.2) is 5.16 Å². The summed E-state index contributed by atoms with van der Waals surface area (Å²) in [7, 11) is 0. The van der Waals surface area contributed by atoms with E-state index in [1.165, 1.54) is 18.2 Å². The van der Waals surface area contributed by atoms with Gasteiger partial charge in [0.05, 0.1) is 16.8 Å². The van der Waals surface area contributed by atoms with Crippen LogP contribution in [0.2, 0.25) is 0 Å². The summed E-state index contributed by atoms with van der Waals surface area (Å²) in [6.07, 6.45) is 0. The number of carbonyl (C=O) groups is 2. The summed E-state index contributed by atoms with van der Waals surface area (Å²) in [5, 5.41) is 11.6. The Hall–Kier alpha value is -2.29. The molecule has 4 N–H and O–H groups in total. The number of fused-ring (bicyclic) bond motifs is 1. The Bertz CT molecular complexity index is 688. The van der Waals surface area contributed by atoms with E-state index < -0.39 is 17.8 Å². The molecule has 0 saturated carbocycles. The third-order valence-electron chi connectivity index (χ3n) is 2.63. The van der Waals surface area contributed by atoms with Crippen LogP contribution in [-0.4, -0.2) is 39.0 Å². The molecule has 1 aromatic heterocycles. The largest absolute Gasteiger partial charge is 0.481 e. The number of hydrogen-bond acceptors (Lipinski definition) is 4. The lowest BCUT2D eigenvalue weighted by atomic mass is 10.3. The SMILES string of the molecule is NC(=O)NCCn1c(SCC(=O)O)nc2ccc(F)cc21. The average molecular weight is 312 g/mol. The lowest BCUT2D eigenvalue weighted by Gasteiger charge is -2.08. The molecule has 2 amide bonds. The predicted molar refractivity (Wildman–Crippen MR) is 75.6 cm³/mol. The van der Waals surface area contributed by atoms with E-state index in [1.807, 2.05) is 0 Å². The molecule has 9 heteroatoms. The number of carboxylic acids is 1. The minimum atomic E-state index is -0.972. The molecule has 0 spiro atoms. The molecule has 0 atom stereocenters. The van der Waals surface area contributed by atoms with Crippen molar-refractivity contribution in [3.05, 3.63) is 24.0 Å². The van der Waals surface area contributed by atoms with E-state index in [2.05, 4.69) is 10.3 Å². The number of hydrogen-bond donors (Lipinski definition) is 3. The third kappa shape index (κ3) is 3.85. The number of nitrogens with two attached hydrogens (primary N) is 1. The number of nitrogens with one attached hydrogen (secondary N) is 1. The van der Waals surface area contributed by atoms with Gasteiger partial charge in [0, 0.05) is 13.1 Å². The normalized spacial score (nSPS) is 10.7. The maximum Gasteiger partial charge on any atom is 0.313 e. The quantitative estimate of drug-likeness (QED) is 0.690. The average Bonchev–Trinajstić information content (AvgIpc) is 2.74. The molecule has 2 rings (SSSR count). The van der Waals surface area contributed by atoms with Crippen LogP contribution < -0.4 is 11.1 Å². The van der Waals surface area contributed by atoms with Crippen molar-refractivity contribution < 1.29 is 19.1 Å². The first-order valence-corrected chi connectivity index (χ1v) is 6.99. The molecule has 1 heterocycles. The highest BCUT2D eigenvalue weighted by atomic mass is 32.2. The summed E-state index contributed by atoms with van der Waals surface area (Å²) in [6, 6.07) is 3.46. The number of primary amides is 1. The Labute approximate surface area is 123 Å². The Kier molecular flexibility index (Phi) is 4.63. The van der Waals surface area contributed by atoms with Gasteiger partial charge < -0.3 is 20.7 Å². The van der Waals surface area contributed by atoms with Crippen molar-refractivity contribution in [1.29, 1.82) is 0 Å². The van der Waals surface area contributed by atoms with Gasteiger partial charge in [-0.2, -0.15) is 0 Å². The molecule has 0 radical (unpaired) electrons. The molecular formula is C12H13FN4O3S. The number of amides is 2. The maximum atomic E-state index is 13.4. The minimum absolute atomic E-state index is 0.158. The third-order valence-corrected chi connectivity index (χ3v) is 3.60. The van der Waals surface area contributed by atoms with Gasteiger partial charge in [-0.1, -0.05) is 11.8 Å². The minimum Gasteiger partial charge on any atom is -0.481 e. The summed E-state index contributed by atoms with van der Waals surface area (Å²) < 4.78 is 15.0. The van der Waals surface area contributed by atoms with Crippen molar-refractivity contribution in [2.45, 2.75) is 11.7 Å². The number of benzene rings is 1. The highest BCUT2D eigenvalue weighted by Crippen LogP contribution is 2.24. The van der Waals surface area contributed by atoms with Gasteiger partial charge in [-0.05, 0) is 18.2 Å². The van der Waals surface area contributed by atoms with Gasteiger partial charge in [-0.25, -0.2) is 14.2 Å². The topological polar surface area (TPSA) is 110 Å². The highest BCUT2D eigenvalue weighted by molar-refractivity contribution is 7.99. The molecular weight excluding hydrogens is 299 g/mol. The molecule has 0 aliphatic heterocycles. The van der Waals surface area contributed by atoms with Crippen molar-refractivity contribution in [3.8, 4) is 0 Å². The Morgan fingerprint density at radius 1 is 1.48 bits per heavy atom. The Morgan fingerprint density at radius 2 is 2.24 bits per heavy atom. The lowest BCUT2D eigenvalue weighted by molar-refractivity contribution is -0.133.